The molecule has 215 valence electrons. The van der Waals surface area contributed by atoms with Crippen LogP contribution >= 0.6 is 0 Å². The molecule has 0 unspecified atom stereocenters. The summed E-state index contributed by atoms with van der Waals surface area (Å²) in [5, 5.41) is 14.6. The molecule has 4 heteroatoms. The molecule has 40 heavy (non-hydrogen) atoms. The van der Waals surface area contributed by atoms with Gasteiger partial charge in [0.1, 0.15) is 5.76 Å². The van der Waals surface area contributed by atoms with Gasteiger partial charge in [-0.2, -0.15) is 0 Å². The smallest absolute Gasteiger partial charge is 0.164 e. The summed E-state index contributed by atoms with van der Waals surface area (Å²) in [5.41, 5.74) is 5.22. The van der Waals surface area contributed by atoms with Crippen LogP contribution in [0.25, 0.3) is 32.8 Å². The van der Waals surface area contributed by atoms with Gasteiger partial charge < -0.3 is 10.1 Å². The van der Waals surface area contributed by atoms with E-state index >= 15 is 0 Å². The summed E-state index contributed by atoms with van der Waals surface area (Å²) in [6.07, 6.45) is 3.25. The fourth-order valence-electron chi connectivity index (χ4n) is 4.26. The maximum atomic E-state index is 11.5. The zero-order chi connectivity index (χ0) is 29.3. The number of carbonyl (C=O) groups is 1. The Labute approximate surface area is 254 Å². The van der Waals surface area contributed by atoms with Crippen LogP contribution in [0.5, 0.6) is 0 Å². The molecule has 0 saturated carbocycles. The van der Waals surface area contributed by atoms with Crippen molar-refractivity contribution >= 4 is 27.3 Å². The van der Waals surface area contributed by atoms with Crippen LogP contribution in [0.3, 0.4) is 0 Å². The van der Waals surface area contributed by atoms with Crippen molar-refractivity contribution in [2.75, 3.05) is 0 Å². The SMILES string of the molecule is CC(C)(C)C(=O)/C=C(\O)C(C)(C)C.Cc1[c-]c(-c2nccc3c2ccc2cc(C(C)(C)C)ccc23)cc(C)c1.[Ir]. The van der Waals surface area contributed by atoms with Crippen LogP contribution in [0.15, 0.2) is 66.6 Å². The zero-order valence-corrected chi connectivity index (χ0v) is 28.3. The van der Waals surface area contributed by atoms with Crippen molar-refractivity contribution in [3.8, 4) is 11.3 Å². The van der Waals surface area contributed by atoms with Crippen molar-refractivity contribution in [3.05, 3.63) is 89.3 Å². The number of fused-ring (bicyclic) bond motifs is 3. The summed E-state index contributed by atoms with van der Waals surface area (Å²) in [6, 6.07) is 21.2. The van der Waals surface area contributed by atoms with Gasteiger partial charge in [-0.05, 0) is 44.3 Å². The molecule has 0 atom stereocenters. The zero-order valence-electron chi connectivity index (χ0n) is 25.9. The van der Waals surface area contributed by atoms with Gasteiger partial charge in [-0.15, -0.1) is 34.9 Å². The summed E-state index contributed by atoms with van der Waals surface area (Å²) < 4.78 is 0. The first-order chi connectivity index (χ1) is 17.9. The topological polar surface area (TPSA) is 50.2 Å². The van der Waals surface area contributed by atoms with E-state index in [1.165, 1.54) is 38.7 Å². The van der Waals surface area contributed by atoms with Crippen LogP contribution in [0, 0.1) is 30.7 Å². The molecule has 4 aromatic rings. The van der Waals surface area contributed by atoms with Crippen LogP contribution in [0.4, 0.5) is 0 Å². The van der Waals surface area contributed by atoms with Crippen LogP contribution in [-0.4, -0.2) is 15.9 Å². The van der Waals surface area contributed by atoms with Crippen LogP contribution < -0.4 is 0 Å². The molecule has 1 heterocycles. The van der Waals surface area contributed by atoms with E-state index in [9.17, 15) is 9.90 Å². The van der Waals surface area contributed by atoms with Gasteiger partial charge in [-0.1, -0.05) is 106 Å². The van der Waals surface area contributed by atoms with E-state index in [4.69, 9.17) is 4.98 Å². The van der Waals surface area contributed by atoms with Gasteiger partial charge >= 0.3 is 0 Å². The van der Waals surface area contributed by atoms with E-state index < -0.39 is 5.41 Å². The second kappa shape index (κ2) is 12.4. The number of ketones is 1. The third kappa shape index (κ3) is 8.12. The van der Waals surface area contributed by atoms with Gasteiger partial charge in [0.25, 0.3) is 0 Å². The fourth-order valence-corrected chi connectivity index (χ4v) is 4.26. The molecule has 0 spiro atoms. The summed E-state index contributed by atoms with van der Waals surface area (Å²) in [4.78, 5) is 16.2. The van der Waals surface area contributed by atoms with Crippen LogP contribution in [0.1, 0.15) is 79.0 Å². The molecule has 3 aromatic carbocycles. The second-order valence-corrected chi connectivity index (χ2v) is 13.7. The minimum absolute atomic E-state index is 0. The molecule has 1 N–H and O–H groups in total. The van der Waals surface area contributed by atoms with E-state index in [2.05, 4.69) is 89.2 Å². The molecule has 0 aliphatic carbocycles. The molecule has 3 nitrogen and oxygen atoms in total. The summed E-state index contributed by atoms with van der Waals surface area (Å²) in [6.45, 7) is 22.1. The van der Waals surface area contributed by atoms with Crippen molar-refractivity contribution in [1.82, 2.24) is 4.98 Å². The van der Waals surface area contributed by atoms with Gasteiger partial charge in [-0.25, -0.2) is 0 Å². The Balaban J connectivity index is 0.000000344. The maximum Gasteiger partial charge on any atom is 0.164 e. The van der Waals surface area contributed by atoms with Gasteiger partial charge in [0.05, 0.1) is 0 Å². The predicted octanol–water partition coefficient (Wildman–Crippen LogP) is 9.86. The first-order valence-electron chi connectivity index (χ1n) is 13.7. The van der Waals surface area contributed by atoms with Crippen molar-refractivity contribution in [3.63, 3.8) is 0 Å². The third-order valence-corrected chi connectivity index (χ3v) is 6.81. The summed E-state index contributed by atoms with van der Waals surface area (Å²) in [5.74, 6) is 0.104. The fraction of sp³-hybridized carbons (Fsp3) is 0.389. The Morgan fingerprint density at radius 3 is 1.98 bits per heavy atom. The number of aliphatic hydroxyl groups excluding tert-OH is 1. The first-order valence-corrected chi connectivity index (χ1v) is 13.7. The first kappa shape index (κ1) is 33.4. The number of aliphatic hydroxyl groups is 1. The monoisotopic (exact) mass is 715 g/mol. The molecule has 1 radical (unpaired) electrons. The molecule has 1 aromatic heterocycles. The van der Waals surface area contributed by atoms with E-state index in [1.54, 1.807) is 0 Å². The van der Waals surface area contributed by atoms with E-state index in [0.717, 1.165) is 16.8 Å². The number of nitrogens with zero attached hydrogens (tertiary/aromatic N) is 1. The molecule has 0 aliphatic rings. The number of benzene rings is 3. The normalized spacial score (nSPS) is 12.5. The van der Waals surface area contributed by atoms with Gasteiger partial charge in [0.15, 0.2) is 5.78 Å². The predicted molar refractivity (Wildman–Crippen MR) is 166 cm³/mol. The minimum atomic E-state index is -0.417. The largest absolute Gasteiger partial charge is 0.512 e. The quantitative estimate of drug-likeness (QED) is 0.0974. The number of hydrogen-bond acceptors (Lipinski definition) is 3. The molecule has 0 amide bonds. The standard InChI is InChI=1S/C25H24N.C11H20O2.Ir/c1-16-12-17(2)14-19(13-16)24-23-8-6-18-15-20(25(3,4)5)7-9-21(18)22(23)10-11-26-24;1-10(2,3)8(12)7-9(13)11(4,5)6;/h6-13,15H,1-5H3;7,12H,1-6H3;/q-1;;/b;8-7-;. The van der Waals surface area contributed by atoms with Crippen LogP contribution in [0.2, 0.25) is 0 Å². The molecular formula is C36H44IrNO2-. The Bertz CT molecular complexity index is 1520. The van der Waals surface area contributed by atoms with Gasteiger partial charge in [0, 0.05) is 43.2 Å². The molecule has 0 fully saturated rings. The summed E-state index contributed by atoms with van der Waals surface area (Å²) >= 11 is 0. The van der Waals surface area contributed by atoms with Gasteiger partial charge in [-0.3, -0.25) is 4.79 Å². The number of carbonyl (C=O) groups excluding carboxylic acids is 1. The third-order valence-electron chi connectivity index (χ3n) is 6.81. The number of aryl methyl sites for hydroxylation is 2. The number of pyridine rings is 1. The van der Waals surface area contributed by atoms with Crippen molar-refractivity contribution in [2.45, 2.75) is 81.6 Å². The van der Waals surface area contributed by atoms with Crippen LogP contribution in [-0.2, 0) is 30.3 Å². The Kier molecular flexibility index (Phi) is 10.3. The van der Waals surface area contributed by atoms with E-state index in [0.29, 0.717) is 0 Å². The number of rotatable bonds is 2. The Hall–Kier alpha value is -2.81. The Morgan fingerprint density at radius 1 is 0.800 bits per heavy atom. The van der Waals surface area contributed by atoms with Crippen molar-refractivity contribution in [2.24, 2.45) is 10.8 Å². The molecule has 4 rings (SSSR count). The van der Waals surface area contributed by atoms with E-state index in [1.807, 2.05) is 47.7 Å². The van der Waals surface area contributed by atoms with Crippen molar-refractivity contribution in [1.29, 1.82) is 0 Å². The molecule has 0 saturated heterocycles. The molecule has 0 aliphatic heterocycles. The van der Waals surface area contributed by atoms with Crippen molar-refractivity contribution < 1.29 is 30.0 Å². The Morgan fingerprint density at radius 2 is 1.43 bits per heavy atom. The minimum Gasteiger partial charge on any atom is -0.512 e. The van der Waals surface area contributed by atoms with E-state index in [-0.39, 0.29) is 42.5 Å². The second-order valence-electron chi connectivity index (χ2n) is 13.7. The molecule has 0 bridgehead atoms. The summed E-state index contributed by atoms with van der Waals surface area (Å²) in [7, 11) is 0. The number of aromatic nitrogens is 1. The number of hydrogen-bond donors (Lipinski definition) is 1. The average Bonchev–Trinajstić information content (AvgIpc) is 2.81. The number of allylic oxidation sites excluding steroid dienone is 2. The molecular weight excluding hydrogens is 671 g/mol. The average molecular weight is 715 g/mol. The maximum absolute atomic E-state index is 11.5. The van der Waals surface area contributed by atoms with Gasteiger partial charge in [0.2, 0.25) is 0 Å².